The van der Waals surface area contributed by atoms with E-state index in [0.29, 0.717) is 41.9 Å². The van der Waals surface area contributed by atoms with Crippen LogP contribution in [0, 0.1) is 11.7 Å². The van der Waals surface area contributed by atoms with Crippen LogP contribution in [0.1, 0.15) is 60.5 Å². The summed E-state index contributed by atoms with van der Waals surface area (Å²) in [6.45, 7) is 3.85. The lowest BCUT2D eigenvalue weighted by Gasteiger charge is -2.35. The maximum atomic E-state index is 15.0. The summed E-state index contributed by atoms with van der Waals surface area (Å²) in [6.07, 6.45) is 1.17. The molecule has 4 heterocycles. The number of ether oxygens (including phenoxy) is 2. The Morgan fingerprint density at radius 3 is 2.80 bits per heavy atom. The first kappa shape index (κ1) is 26.9. The lowest BCUT2D eigenvalue weighted by Crippen LogP contribution is -2.44. The van der Waals surface area contributed by atoms with Crippen LogP contribution in [0.3, 0.4) is 0 Å². The third-order valence-corrected chi connectivity index (χ3v) is 9.12. The number of aliphatic hydroxyl groups is 1. The number of cyclic esters (lactones) is 1. The van der Waals surface area contributed by atoms with Crippen molar-refractivity contribution in [3.63, 3.8) is 0 Å². The Morgan fingerprint density at radius 1 is 1.35 bits per heavy atom. The van der Waals surface area contributed by atoms with Gasteiger partial charge >= 0.3 is 11.9 Å². The summed E-state index contributed by atoms with van der Waals surface area (Å²) in [5.74, 6) is -2.07. The lowest BCUT2D eigenvalue weighted by atomic mass is 9.82. The number of nitrogens with zero attached hydrogens (tertiary/aromatic N) is 3. The van der Waals surface area contributed by atoms with Crippen LogP contribution in [0.4, 0.5) is 4.39 Å². The molecule has 2 aromatic heterocycles. The molecule has 210 valence electrons. The molecule has 1 aromatic carbocycles. The zero-order valence-electron chi connectivity index (χ0n) is 22.6. The molecule has 3 aromatic rings. The topological polar surface area (TPSA) is 111 Å². The van der Waals surface area contributed by atoms with E-state index in [1.165, 1.54) is 13.2 Å². The summed E-state index contributed by atoms with van der Waals surface area (Å²) in [7, 11) is 3.29. The predicted octanol–water partition coefficient (Wildman–Crippen LogP) is 3.60. The Kier molecular flexibility index (Phi) is 6.28. The van der Waals surface area contributed by atoms with E-state index in [9.17, 15) is 23.9 Å². The summed E-state index contributed by atoms with van der Waals surface area (Å²) in [5, 5.41) is 12.0. The molecule has 40 heavy (non-hydrogen) atoms. The Balaban J connectivity index is 1.60. The molecule has 11 heteroatoms. The van der Waals surface area contributed by atoms with Crippen molar-refractivity contribution in [3.05, 3.63) is 61.1 Å². The summed E-state index contributed by atoms with van der Waals surface area (Å²) in [6, 6.07) is 2.78. The van der Waals surface area contributed by atoms with Crippen molar-refractivity contribution in [3.8, 4) is 11.4 Å². The van der Waals surface area contributed by atoms with Crippen LogP contribution in [0.25, 0.3) is 22.3 Å². The SMILES string of the molecule is CC[C@@]1(O)C(=O)OCc2c1cc1n(c2=O)Cc2c-1nc1cc(F)c(Cl)c3c1c2[C@@H](N(C)CC(C)C(=O)OC)CC3. The van der Waals surface area contributed by atoms with Gasteiger partial charge in [0.1, 0.15) is 12.4 Å². The van der Waals surface area contributed by atoms with E-state index in [-0.39, 0.29) is 59.2 Å². The Bertz CT molecular complexity index is 1690. The average Bonchev–Trinajstić information content (AvgIpc) is 3.32. The van der Waals surface area contributed by atoms with Crippen LogP contribution in [0.2, 0.25) is 5.02 Å². The molecule has 1 aliphatic carbocycles. The van der Waals surface area contributed by atoms with Gasteiger partial charge in [-0.2, -0.15) is 0 Å². The molecule has 0 fully saturated rings. The highest BCUT2D eigenvalue weighted by atomic mass is 35.5. The smallest absolute Gasteiger partial charge is 0.343 e. The first-order chi connectivity index (χ1) is 19.0. The predicted molar refractivity (Wildman–Crippen MR) is 144 cm³/mol. The van der Waals surface area contributed by atoms with E-state index in [1.807, 2.05) is 7.05 Å². The van der Waals surface area contributed by atoms with Gasteiger partial charge in [0, 0.05) is 35.2 Å². The number of fused-ring (bicyclic) bond motifs is 5. The Hall–Kier alpha value is -3.34. The molecule has 2 aliphatic heterocycles. The minimum absolute atomic E-state index is 0.0311. The average molecular weight is 570 g/mol. The molecule has 1 unspecified atom stereocenters. The van der Waals surface area contributed by atoms with E-state index < -0.39 is 17.4 Å². The number of carbonyl (C=O) groups excluding carboxylic acids is 2. The minimum Gasteiger partial charge on any atom is -0.469 e. The Morgan fingerprint density at radius 2 is 2.10 bits per heavy atom. The highest BCUT2D eigenvalue weighted by Crippen LogP contribution is 2.48. The molecule has 3 aliphatic rings. The van der Waals surface area contributed by atoms with Gasteiger partial charge in [-0.05, 0) is 43.5 Å². The highest BCUT2D eigenvalue weighted by molar-refractivity contribution is 6.32. The normalized spacial score (nSPS) is 21.6. The van der Waals surface area contributed by atoms with Gasteiger partial charge in [-0.25, -0.2) is 14.2 Å². The molecule has 3 atom stereocenters. The standard InChI is InChI=1S/C29H29ClFN3O6/c1-5-29(38)17-8-21-25-15(11-34(21)26(35)16(17)12-40-28(29)37)23-20(33(3)10-13(2)27(36)39-4)7-6-14-22(23)19(32-25)9-18(31)24(14)30/h8-9,13,20,38H,5-7,10-12H2,1-4H3/t13?,20-,29-/m0/s1. The van der Waals surface area contributed by atoms with Crippen LogP contribution in [0.5, 0.6) is 0 Å². The highest BCUT2D eigenvalue weighted by Gasteiger charge is 2.46. The van der Waals surface area contributed by atoms with E-state index in [0.717, 1.165) is 16.5 Å². The van der Waals surface area contributed by atoms with Gasteiger partial charge in [-0.3, -0.25) is 14.5 Å². The van der Waals surface area contributed by atoms with E-state index in [1.54, 1.807) is 24.5 Å². The fraction of sp³-hybridized carbons (Fsp3) is 0.448. The molecule has 0 saturated carbocycles. The van der Waals surface area contributed by atoms with Crippen LogP contribution in [-0.4, -0.2) is 52.2 Å². The zero-order chi connectivity index (χ0) is 28.7. The number of halogens is 2. The molecule has 1 N–H and O–H groups in total. The Labute approximate surface area is 234 Å². The quantitative estimate of drug-likeness (QED) is 0.363. The van der Waals surface area contributed by atoms with Crippen molar-refractivity contribution in [1.82, 2.24) is 14.5 Å². The second kappa shape index (κ2) is 9.36. The van der Waals surface area contributed by atoms with E-state index in [4.69, 9.17) is 26.1 Å². The van der Waals surface area contributed by atoms with Gasteiger partial charge in [0.05, 0.1) is 47.1 Å². The monoisotopic (exact) mass is 569 g/mol. The van der Waals surface area contributed by atoms with Crippen molar-refractivity contribution < 1.29 is 28.6 Å². The molecule has 9 nitrogen and oxygen atoms in total. The minimum atomic E-state index is -1.95. The first-order valence-electron chi connectivity index (χ1n) is 13.3. The van der Waals surface area contributed by atoms with Crippen molar-refractivity contribution >= 4 is 34.4 Å². The maximum absolute atomic E-state index is 15.0. The number of hydrogen-bond donors (Lipinski definition) is 1. The molecule has 0 spiro atoms. The van der Waals surface area contributed by atoms with Gasteiger partial charge in [-0.1, -0.05) is 25.4 Å². The number of hydrogen-bond acceptors (Lipinski definition) is 8. The number of carbonyl (C=O) groups is 2. The molecule has 0 amide bonds. The number of rotatable bonds is 5. The number of benzene rings is 1. The largest absolute Gasteiger partial charge is 0.469 e. The van der Waals surface area contributed by atoms with Crippen LogP contribution in [0.15, 0.2) is 16.9 Å². The van der Waals surface area contributed by atoms with Crippen LogP contribution in [-0.2, 0) is 44.2 Å². The number of esters is 2. The number of pyridine rings is 2. The first-order valence-corrected chi connectivity index (χ1v) is 13.7. The molecule has 6 rings (SSSR count). The van der Waals surface area contributed by atoms with Crippen molar-refractivity contribution in [2.75, 3.05) is 20.7 Å². The van der Waals surface area contributed by atoms with E-state index in [2.05, 4.69) is 4.90 Å². The van der Waals surface area contributed by atoms with Gasteiger partial charge < -0.3 is 19.1 Å². The van der Waals surface area contributed by atoms with Crippen LogP contribution >= 0.6 is 11.6 Å². The number of methoxy groups -OCH3 is 1. The van der Waals surface area contributed by atoms with Gasteiger partial charge in [0.2, 0.25) is 0 Å². The molecule has 0 bridgehead atoms. The zero-order valence-corrected chi connectivity index (χ0v) is 23.4. The van der Waals surface area contributed by atoms with Crippen molar-refractivity contribution in [2.24, 2.45) is 5.92 Å². The molecule has 0 radical (unpaired) electrons. The summed E-state index contributed by atoms with van der Waals surface area (Å²) >= 11 is 6.46. The third kappa shape index (κ3) is 3.65. The third-order valence-electron chi connectivity index (χ3n) is 8.71. The van der Waals surface area contributed by atoms with Gasteiger partial charge in [-0.15, -0.1) is 0 Å². The number of aryl methyl sites for hydroxylation is 1. The maximum Gasteiger partial charge on any atom is 0.343 e. The summed E-state index contributed by atoms with van der Waals surface area (Å²) < 4.78 is 26.6. The molecular weight excluding hydrogens is 541 g/mol. The van der Waals surface area contributed by atoms with Gasteiger partial charge in [0.15, 0.2) is 5.60 Å². The lowest BCUT2D eigenvalue weighted by molar-refractivity contribution is -0.172. The molecular formula is C29H29ClFN3O6. The van der Waals surface area contributed by atoms with Crippen LogP contribution < -0.4 is 5.56 Å². The second-order valence-electron chi connectivity index (χ2n) is 10.9. The van der Waals surface area contributed by atoms with Crippen molar-refractivity contribution in [1.29, 1.82) is 0 Å². The molecule has 0 saturated heterocycles. The second-order valence-corrected chi connectivity index (χ2v) is 11.3. The fourth-order valence-corrected chi connectivity index (χ4v) is 6.85. The van der Waals surface area contributed by atoms with Gasteiger partial charge in [0.25, 0.3) is 5.56 Å². The summed E-state index contributed by atoms with van der Waals surface area (Å²) in [4.78, 5) is 45.4. The van der Waals surface area contributed by atoms with E-state index >= 15 is 0 Å². The van der Waals surface area contributed by atoms with Crippen molar-refractivity contribution in [2.45, 2.75) is 57.9 Å². The number of aromatic nitrogens is 2. The fourth-order valence-electron chi connectivity index (χ4n) is 6.61. The summed E-state index contributed by atoms with van der Waals surface area (Å²) in [5.41, 5.74) is 1.85.